The van der Waals surface area contributed by atoms with Crippen LogP contribution in [0.15, 0.2) is 36.4 Å². The molecule has 9 heteroatoms. The minimum Gasteiger partial charge on any atom is -0.404 e. The Morgan fingerprint density at radius 1 is 1.11 bits per heavy atom. The first-order chi connectivity index (χ1) is 17.9. The number of nitrogens with one attached hydrogen (secondary N) is 2. The minimum atomic E-state index is -1.16. The third-order valence-corrected chi connectivity index (χ3v) is 9.23. The Hall–Kier alpha value is -2.49. The Balaban J connectivity index is 1.30. The average molecular weight is 521 g/mol. The van der Waals surface area contributed by atoms with Crippen LogP contribution < -0.4 is 10.6 Å². The number of hydrogen-bond donors (Lipinski definition) is 3. The largest absolute Gasteiger partial charge is 0.481 e. The van der Waals surface area contributed by atoms with E-state index >= 15 is 0 Å². The Labute approximate surface area is 225 Å². The quantitative estimate of drug-likeness (QED) is 0.459. The summed E-state index contributed by atoms with van der Waals surface area (Å²) in [6, 6.07) is 9.77. The molecule has 2 amide bonds. The minimum absolute atomic E-state index is 0.00193. The third-order valence-electron chi connectivity index (χ3n) is 9.23. The molecule has 1 aromatic heterocycles. The number of aliphatic hydroxyl groups excluding tert-OH is 1. The van der Waals surface area contributed by atoms with E-state index in [9.17, 15) is 14.7 Å². The van der Waals surface area contributed by atoms with E-state index in [4.69, 9.17) is 9.31 Å². The lowest BCUT2D eigenvalue weighted by Crippen LogP contribution is -2.65. The summed E-state index contributed by atoms with van der Waals surface area (Å²) >= 11 is 0. The number of fused-ring (bicyclic) bond motifs is 1. The number of carbonyl (C=O) groups is 2. The normalized spacial score (nSPS) is 29.8. The molecule has 4 fully saturated rings. The molecule has 7 atom stereocenters. The lowest BCUT2D eigenvalue weighted by molar-refractivity contribution is -0.199. The number of rotatable bonds is 8. The van der Waals surface area contributed by atoms with Gasteiger partial charge in [0, 0.05) is 5.39 Å². The number of para-hydroxylation sites is 1. The molecule has 0 unspecified atom stereocenters. The van der Waals surface area contributed by atoms with Crippen molar-refractivity contribution in [1.82, 2.24) is 15.6 Å². The van der Waals surface area contributed by atoms with Gasteiger partial charge >= 0.3 is 7.12 Å². The summed E-state index contributed by atoms with van der Waals surface area (Å²) in [5.41, 5.74) is 0.699. The zero-order valence-corrected chi connectivity index (χ0v) is 23.2. The highest BCUT2D eigenvalue weighted by atomic mass is 16.7. The van der Waals surface area contributed by atoms with Crippen LogP contribution in [0.25, 0.3) is 10.9 Å². The van der Waals surface area contributed by atoms with Crippen molar-refractivity contribution in [2.24, 2.45) is 23.2 Å². The SMILES string of the molecule is CC(C)C[C@H](NC(=O)[C@@H](NC(=O)c1ccc2ccccc2n1)[C@@H](C)O)B1O[C@@H]2C[C@H]3C[C@@H](C3(C)C)[C@]2(C)O1. The molecule has 0 spiro atoms. The second-order valence-corrected chi connectivity index (χ2v) is 12.7. The smallest absolute Gasteiger partial charge is 0.404 e. The summed E-state index contributed by atoms with van der Waals surface area (Å²) < 4.78 is 13.1. The van der Waals surface area contributed by atoms with E-state index in [1.165, 1.54) is 6.92 Å². The average Bonchev–Trinajstić information content (AvgIpc) is 3.23. The van der Waals surface area contributed by atoms with E-state index in [-0.39, 0.29) is 28.7 Å². The number of hydrogen-bond acceptors (Lipinski definition) is 6. The van der Waals surface area contributed by atoms with E-state index < -0.39 is 37.0 Å². The molecule has 2 aromatic rings. The van der Waals surface area contributed by atoms with Gasteiger partial charge in [-0.05, 0) is 68.4 Å². The zero-order chi connectivity index (χ0) is 27.4. The van der Waals surface area contributed by atoms with Crippen molar-refractivity contribution in [2.75, 3.05) is 0 Å². The summed E-state index contributed by atoms with van der Waals surface area (Å²) in [4.78, 5) is 30.9. The number of aliphatic hydroxyl groups is 1. The molecule has 2 heterocycles. The molecule has 204 valence electrons. The van der Waals surface area contributed by atoms with Gasteiger partial charge in [-0.1, -0.05) is 52.0 Å². The fraction of sp³-hybridized carbons (Fsp3) is 0.621. The van der Waals surface area contributed by atoms with Crippen molar-refractivity contribution in [3.8, 4) is 0 Å². The Morgan fingerprint density at radius 2 is 1.84 bits per heavy atom. The molecule has 6 rings (SSSR count). The van der Waals surface area contributed by atoms with Crippen LogP contribution in [0.1, 0.15) is 71.3 Å². The van der Waals surface area contributed by atoms with Crippen LogP contribution in [0.2, 0.25) is 0 Å². The highest BCUT2D eigenvalue weighted by molar-refractivity contribution is 6.48. The molecular formula is C29H40BN3O5. The maximum Gasteiger partial charge on any atom is 0.481 e. The highest BCUT2D eigenvalue weighted by Crippen LogP contribution is 2.65. The van der Waals surface area contributed by atoms with E-state index in [1.807, 2.05) is 30.3 Å². The second-order valence-electron chi connectivity index (χ2n) is 12.7. The number of aromatic nitrogens is 1. The molecule has 1 saturated heterocycles. The lowest BCUT2D eigenvalue weighted by Gasteiger charge is -2.64. The van der Waals surface area contributed by atoms with Crippen LogP contribution in [-0.4, -0.2) is 58.8 Å². The lowest BCUT2D eigenvalue weighted by atomic mass is 9.43. The standard InChI is InChI=1S/C29H40BN3O5/c1-16(2)13-24(30-37-23-15-19-14-22(28(19,4)5)29(23,6)38-30)32-27(36)25(17(3)34)33-26(35)21-12-11-18-9-7-8-10-20(18)31-21/h7-12,16-17,19,22-25,34H,13-15H2,1-6H3,(H,32,36)(H,33,35)/t17-,19-,22+,23-,24+,25+,29+/m1/s1. The Morgan fingerprint density at radius 3 is 2.53 bits per heavy atom. The summed E-state index contributed by atoms with van der Waals surface area (Å²) in [5.74, 6) is -0.0953. The van der Waals surface area contributed by atoms with E-state index in [0.717, 1.165) is 18.2 Å². The molecule has 4 aliphatic rings. The summed E-state index contributed by atoms with van der Waals surface area (Å²) in [6.45, 7) is 12.5. The van der Waals surface area contributed by atoms with Gasteiger partial charge in [0.05, 0.1) is 29.3 Å². The molecule has 3 saturated carbocycles. The van der Waals surface area contributed by atoms with E-state index in [1.54, 1.807) is 6.07 Å². The molecule has 1 aliphatic heterocycles. The van der Waals surface area contributed by atoms with Crippen LogP contribution >= 0.6 is 0 Å². The fourth-order valence-corrected chi connectivity index (χ4v) is 6.90. The third kappa shape index (κ3) is 4.73. The van der Waals surface area contributed by atoms with Gasteiger partial charge in [-0.3, -0.25) is 9.59 Å². The van der Waals surface area contributed by atoms with Crippen LogP contribution in [0, 0.1) is 23.2 Å². The van der Waals surface area contributed by atoms with Crippen LogP contribution in [0.3, 0.4) is 0 Å². The molecule has 38 heavy (non-hydrogen) atoms. The van der Waals surface area contributed by atoms with Gasteiger partial charge in [0.25, 0.3) is 5.91 Å². The van der Waals surface area contributed by atoms with Crippen molar-refractivity contribution < 1.29 is 24.0 Å². The fourth-order valence-electron chi connectivity index (χ4n) is 6.90. The monoisotopic (exact) mass is 521 g/mol. The molecular weight excluding hydrogens is 481 g/mol. The molecule has 3 aliphatic carbocycles. The number of pyridine rings is 1. The zero-order valence-electron chi connectivity index (χ0n) is 23.2. The van der Waals surface area contributed by atoms with Crippen molar-refractivity contribution in [3.63, 3.8) is 0 Å². The van der Waals surface area contributed by atoms with Crippen molar-refractivity contribution >= 4 is 29.8 Å². The Bertz CT molecular complexity index is 1220. The van der Waals surface area contributed by atoms with Gasteiger partial charge < -0.3 is 25.0 Å². The van der Waals surface area contributed by atoms with Crippen molar-refractivity contribution in [3.05, 3.63) is 42.1 Å². The van der Waals surface area contributed by atoms with Crippen LogP contribution in [-0.2, 0) is 14.1 Å². The highest BCUT2D eigenvalue weighted by Gasteiger charge is 2.68. The topological polar surface area (TPSA) is 110 Å². The summed E-state index contributed by atoms with van der Waals surface area (Å²) in [5, 5.41) is 17.1. The maximum absolute atomic E-state index is 13.5. The van der Waals surface area contributed by atoms with Gasteiger partial charge in [-0.25, -0.2) is 4.98 Å². The van der Waals surface area contributed by atoms with Gasteiger partial charge in [0.2, 0.25) is 5.91 Å². The first-order valence-electron chi connectivity index (χ1n) is 13.9. The van der Waals surface area contributed by atoms with Gasteiger partial charge in [-0.15, -0.1) is 0 Å². The van der Waals surface area contributed by atoms with Gasteiger partial charge in [0.15, 0.2) is 0 Å². The van der Waals surface area contributed by atoms with Crippen molar-refractivity contribution in [1.29, 1.82) is 0 Å². The van der Waals surface area contributed by atoms with E-state index in [2.05, 4.69) is 50.2 Å². The predicted octanol–water partition coefficient (Wildman–Crippen LogP) is 3.51. The van der Waals surface area contributed by atoms with Gasteiger partial charge in [0.1, 0.15) is 11.7 Å². The number of benzene rings is 1. The first kappa shape index (κ1) is 27.1. The predicted molar refractivity (Wildman–Crippen MR) is 146 cm³/mol. The maximum atomic E-state index is 13.5. The summed E-state index contributed by atoms with van der Waals surface area (Å²) in [7, 11) is -0.584. The van der Waals surface area contributed by atoms with Crippen LogP contribution in [0.5, 0.6) is 0 Å². The Kier molecular flexibility index (Phi) is 7.07. The number of carbonyl (C=O) groups excluding carboxylic acids is 2. The molecule has 0 radical (unpaired) electrons. The first-order valence-corrected chi connectivity index (χ1v) is 13.9. The summed E-state index contributed by atoms with van der Waals surface area (Å²) in [6.07, 6.45) is 1.64. The van der Waals surface area contributed by atoms with E-state index in [0.29, 0.717) is 23.8 Å². The molecule has 8 nitrogen and oxygen atoms in total. The molecule has 2 bridgehead atoms. The second kappa shape index (κ2) is 9.92. The van der Waals surface area contributed by atoms with Crippen molar-refractivity contribution in [2.45, 2.75) is 90.6 Å². The molecule has 1 aromatic carbocycles. The number of nitrogens with zero attached hydrogens (tertiary/aromatic N) is 1. The number of amides is 2. The molecule has 3 N–H and O–H groups in total. The van der Waals surface area contributed by atoms with Gasteiger partial charge in [-0.2, -0.15) is 0 Å². The van der Waals surface area contributed by atoms with Crippen LogP contribution in [0.4, 0.5) is 0 Å².